The third-order valence-corrected chi connectivity index (χ3v) is 5.01. The normalized spacial score (nSPS) is 14.1. The third-order valence-electron chi connectivity index (χ3n) is 5.01. The monoisotopic (exact) mass is 357 g/mol. The van der Waals surface area contributed by atoms with Crippen molar-refractivity contribution in [2.75, 3.05) is 0 Å². The van der Waals surface area contributed by atoms with Gasteiger partial charge in [-0.05, 0) is 53.3 Å². The lowest BCUT2D eigenvalue weighted by Gasteiger charge is -2.14. The maximum absolute atomic E-state index is 12.3. The summed E-state index contributed by atoms with van der Waals surface area (Å²) in [5.74, 6) is 0.561. The van der Waals surface area contributed by atoms with Gasteiger partial charge in [-0.1, -0.05) is 73.5 Å². The van der Waals surface area contributed by atoms with E-state index in [4.69, 9.17) is 4.74 Å². The molecule has 3 nitrogen and oxygen atoms in total. The topological polar surface area (TPSA) is 38.3 Å². The van der Waals surface area contributed by atoms with Crippen LogP contribution in [0.15, 0.2) is 78.9 Å². The summed E-state index contributed by atoms with van der Waals surface area (Å²) in [4.78, 5) is 12.3. The Labute approximate surface area is 160 Å². The fraction of sp³-hybridized carbons (Fsp3) is 0.208. The van der Waals surface area contributed by atoms with Gasteiger partial charge in [0.25, 0.3) is 0 Å². The van der Waals surface area contributed by atoms with Crippen molar-refractivity contribution in [1.29, 1.82) is 0 Å². The van der Waals surface area contributed by atoms with E-state index in [0.717, 1.165) is 35.1 Å². The molecule has 0 atom stereocenters. The summed E-state index contributed by atoms with van der Waals surface area (Å²) in [7, 11) is 0. The van der Waals surface area contributed by atoms with Crippen LogP contribution in [-0.2, 0) is 0 Å². The van der Waals surface area contributed by atoms with E-state index < -0.39 is 0 Å². The maximum Gasteiger partial charge on any atom is 0.412 e. The first-order valence-corrected chi connectivity index (χ1v) is 9.52. The largest absolute Gasteiger partial charge is 0.412 e. The van der Waals surface area contributed by atoms with Gasteiger partial charge >= 0.3 is 6.09 Å². The highest BCUT2D eigenvalue weighted by Crippen LogP contribution is 2.31. The molecule has 3 aromatic rings. The average Bonchev–Trinajstić information content (AvgIpc) is 3.22. The Morgan fingerprint density at radius 3 is 1.78 bits per heavy atom. The van der Waals surface area contributed by atoms with Gasteiger partial charge in [0.15, 0.2) is 0 Å². The smallest absolute Gasteiger partial charge is 0.410 e. The van der Waals surface area contributed by atoms with Crippen molar-refractivity contribution in [2.24, 2.45) is 0 Å². The molecule has 3 aromatic carbocycles. The van der Waals surface area contributed by atoms with Gasteiger partial charge in [-0.3, -0.25) is 0 Å². The highest BCUT2D eigenvalue weighted by atomic mass is 16.6. The first-order valence-electron chi connectivity index (χ1n) is 9.52. The second kappa shape index (κ2) is 8.09. The SMILES string of the molecule is O=C(NC1CCCC1)Oc1cc(-c2ccccc2)cc(-c2ccccc2)c1. The summed E-state index contributed by atoms with van der Waals surface area (Å²) in [5.41, 5.74) is 4.24. The first-order chi connectivity index (χ1) is 13.3. The molecular formula is C24H23NO2. The van der Waals surface area contributed by atoms with E-state index in [1.165, 1.54) is 12.8 Å². The summed E-state index contributed by atoms with van der Waals surface area (Å²) < 4.78 is 5.65. The van der Waals surface area contributed by atoms with Crippen LogP contribution < -0.4 is 10.1 Å². The molecule has 1 aliphatic rings. The number of nitrogens with one attached hydrogen (secondary N) is 1. The van der Waals surface area contributed by atoms with Gasteiger partial charge in [-0.15, -0.1) is 0 Å². The molecule has 4 rings (SSSR count). The van der Waals surface area contributed by atoms with Crippen LogP contribution in [-0.4, -0.2) is 12.1 Å². The van der Waals surface area contributed by atoms with Crippen LogP contribution in [0.25, 0.3) is 22.3 Å². The molecule has 0 aromatic heterocycles. The number of carbonyl (C=O) groups is 1. The lowest BCUT2D eigenvalue weighted by Crippen LogP contribution is -2.34. The lowest BCUT2D eigenvalue weighted by molar-refractivity contribution is 0.196. The van der Waals surface area contributed by atoms with Crippen molar-refractivity contribution in [1.82, 2.24) is 5.32 Å². The fourth-order valence-corrected chi connectivity index (χ4v) is 3.63. The summed E-state index contributed by atoms with van der Waals surface area (Å²) in [6.45, 7) is 0. The second-order valence-electron chi connectivity index (χ2n) is 6.99. The molecule has 1 fully saturated rings. The summed E-state index contributed by atoms with van der Waals surface area (Å²) >= 11 is 0. The van der Waals surface area contributed by atoms with Crippen molar-refractivity contribution in [3.63, 3.8) is 0 Å². The summed E-state index contributed by atoms with van der Waals surface area (Å²) in [5, 5.41) is 2.98. The molecule has 0 radical (unpaired) electrons. The molecule has 0 saturated heterocycles. The van der Waals surface area contributed by atoms with E-state index in [0.29, 0.717) is 5.75 Å². The highest BCUT2D eigenvalue weighted by molar-refractivity contribution is 5.77. The minimum absolute atomic E-state index is 0.239. The van der Waals surface area contributed by atoms with Crippen molar-refractivity contribution >= 4 is 6.09 Å². The van der Waals surface area contributed by atoms with Gasteiger partial charge in [-0.2, -0.15) is 0 Å². The zero-order valence-corrected chi connectivity index (χ0v) is 15.2. The van der Waals surface area contributed by atoms with E-state index in [9.17, 15) is 4.79 Å². The van der Waals surface area contributed by atoms with E-state index in [-0.39, 0.29) is 12.1 Å². The van der Waals surface area contributed by atoms with Crippen molar-refractivity contribution < 1.29 is 9.53 Å². The Hall–Kier alpha value is -3.07. The van der Waals surface area contributed by atoms with Crippen LogP contribution in [0, 0.1) is 0 Å². The predicted molar refractivity (Wildman–Crippen MR) is 109 cm³/mol. The van der Waals surface area contributed by atoms with Crippen LogP contribution >= 0.6 is 0 Å². The van der Waals surface area contributed by atoms with E-state index in [1.807, 2.05) is 48.5 Å². The molecule has 1 aliphatic carbocycles. The maximum atomic E-state index is 12.3. The Kier molecular flexibility index (Phi) is 5.20. The zero-order valence-electron chi connectivity index (χ0n) is 15.2. The van der Waals surface area contributed by atoms with Crippen molar-refractivity contribution in [2.45, 2.75) is 31.7 Å². The molecule has 3 heteroatoms. The van der Waals surface area contributed by atoms with Crippen LogP contribution in [0.2, 0.25) is 0 Å². The van der Waals surface area contributed by atoms with E-state index in [2.05, 4.69) is 35.6 Å². The van der Waals surface area contributed by atoms with Gasteiger partial charge in [-0.25, -0.2) is 4.79 Å². The van der Waals surface area contributed by atoms with Crippen LogP contribution in [0.3, 0.4) is 0 Å². The number of rotatable bonds is 4. The number of benzene rings is 3. The quantitative estimate of drug-likeness (QED) is 0.617. The molecule has 1 saturated carbocycles. The second-order valence-corrected chi connectivity index (χ2v) is 6.99. The third kappa shape index (κ3) is 4.37. The number of carbonyl (C=O) groups excluding carboxylic acids is 1. The van der Waals surface area contributed by atoms with Gasteiger partial charge in [0.2, 0.25) is 0 Å². The van der Waals surface area contributed by atoms with Crippen LogP contribution in [0.5, 0.6) is 5.75 Å². The van der Waals surface area contributed by atoms with E-state index >= 15 is 0 Å². The molecule has 27 heavy (non-hydrogen) atoms. The zero-order chi connectivity index (χ0) is 18.5. The molecule has 0 heterocycles. The predicted octanol–water partition coefficient (Wildman–Crippen LogP) is 6.05. The van der Waals surface area contributed by atoms with Crippen LogP contribution in [0.1, 0.15) is 25.7 Å². The van der Waals surface area contributed by atoms with Gasteiger partial charge in [0, 0.05) is 6.04 Å². The number of amides is 1. The molecule has 1 amide bonds. The van der Waals surface area contributed by atoms with E-state index in [1.54, 1.807) is 0 Å². The molecule has 0 aliphatic heterocycles. The van der Waals surface area contributed by atoms with Gasteiger partial charge < -0.3 is 10.1 Å². The Balaban J connectivity index is 1.64. The molecule has 136 valence electrons. The molecular weight excluding hydrogens is 334 g/mol. The molecule has 0 bridgehead atoms. The highest BCUT2D eigenvalue weighted by Gasteiger charge is 2.18. The number of hydrogen-bond acceptors (Lipinski definition) is 2. The Morgan fingerprint density at radius 1 is 0.741 bits per heavy atom. The van der Waals surface area contributed by atoms with Gasteiger partial charge in [0.1, 0.15) is 5.75 Å². The summed E-state index contributed by atoms with van der Waals surface area (Å²) in [6, 6.07) is 26.5. The number of ether oxygens (including phenoxy) is 1. The Morgan fingerprint density at radius 2 is 1.26 bits per heavy atom. The van der Waals surface area contributed by atoms with Crippen molar-refractivity contribution in [3.05, 3.63) is 78.9 Å². The lowest BCUT2D eigenvalue weighted by atomic mass is 9.98. The van der Waals surface area contributed by atoms with Gasteiger partial charge in [0.05, 0.1) is 0 Å². The Bertz CT molecular complexity index is 842. The van der Waals surface area contributed by atoms with Crippen LogP contribution in [0.4, 0.5) is 4.79 Å². The minimum atomic E-state index is -0.369. The first kappa shape index (κ1) is 17.3. The molecule has 0 spiro atoms. The molecule has 1 N–H and O–H groups in total. The average molecular weight is 357 g/mol. The minimum Gasteiger partial charge on any atom is -0.410 e. The number of hydrogen-bond donors (Lipinski definition) is 1. The van der Waals surface area contributed by atoms with Crippen molar-refractivity contribution in [3.8, 4) is 28.0 Å². The molecule has 0 unspecified atom stereocenters. The summed E-state index contributed by atoms with van der Waals surface area (Å²) in [6.07, 6.45) is 4.05. The standard InChI is InChI=1S/C24H23NO2/c26-24(25-22-13-7-8-14-22)27-23-16-20(18-9-3-1-4-10-18)15-21(17-23)19-11-5-2-6-12-19/h1-6,9-12,15-17,22H,7-8,13-14H2,(H,25,26). The fourth-order valence-electron chi connectivity index (χ4n) is 3.63.